The molecule has 0 spiro atoms. The quantitative estimate of drug-likeness (QED) is 0.666. The molecule has 0 aliphatic heterocycles. The summed E-state index contributed by atoms with van der Waals surface area (Å²) in [4.78, 5) is 26.9. The maximum absolute atomic E-state index is 12.9. The van der Waals surface area contributed by atoms with Gasteiger partial charge in [0, 0.05) is 17.6 Å². The highest BCUT2D eigenvalue weighted by Gasteiger charge is 2.26. The highest BCUT2D eigenvalue weighted by molar-refractivity contribution is 9.10. The normalized spacial score (nSPS) is 11.6. The van der Waals surface area contributed by atoms with E-state index >= 15 is 0 Å². The van der Waals surface area contributed by atoms with Crippen molar-refractivity contribution in [2.75, 3.05) is 13.2 Å². The van der Waals surface area contributed by atoms with E-state index in [1.165, 1.54) is 0 Å². The first-order valence-corrected chi connectivity index (χ1v) is 10.1. The van der Waals surface area contributed by atoms with Crippen LogP contribution in [-0.2, 0) is 16.1 Å². The lowest BCUT2D eigenvalue weighted by Gasteiger charge is -2.28. The van der Waals surface area contributed by atoms with Crippen LogP contribution in [0.15, 0.2) is 46.9 Å². The second-order valence-corrected chi connectivity index (χ2v) is 7.70. The zero-order valence-corrected chi connectivity index (χ0v) is 18.4. The van der Waals surface area contributed by atoms with Gasteiger partial charge in [0.25, 0.3) is 5.91 Å². The Morgan fingerprint density at radius 1 is 1.18 bits per heavy atom. The van der Waals surface area contributed by atoms with Gasteiger partial charge < -0.3 is 15.0 Å². The standard InChI is InChI=1S/C22H27BrN2O3/c1-5-24-22(27)17(4)25(13-18-7-6-8-19(23)12-18)21(26)14-28-20-10-9-15(2)11-16(20)3/h6-12,17H,5,13-14H2,1-4H3,(H,24,27)/t17-/m1/s1. The molecule has 2 amide bonds. The van der Waals surface area contributed by atoms with E-state index in [1.807, 2.05) is 63.2 Å². The summed E-state index contributed by atoms with van der Waals surface area (Å²) in [7, 11) is 0. The number of ether oxygens (including phenoxy) is 1. The molecule has 0 aliphatic carbocycles. The van der Waals surface area contributed by atoms with Gasteiger partial charge in [-0.2, -0.15) is 0 Å². The van der Waals surface area contributed by atoms with E-state index in [0.29, 0.717) is 18.8 Å². The van der Waals surface area contributed by atoms with Gasteiger partial charge in [0.15, 0.2) is 6.61 Å². The molecular weight excluding hydrogens is 420 g/mol. The zero-order chi connectivity index (χ0) is 20.7. The SMILES string of the molecule is CCNC(=O)[C@@H](C)N(Cc1cccc(Br)c1)C(=O)COc1ccc(C)cc1C. The summed E-state index contributed by atoms with van der Waals surface area (Å²) in [6, 6.07) is 12.9. The summed E-state index contributed by atoms with van der Waals surface area (Å²) in [5.41, 5.74) is 3.05. The van der Waals surface area contributed by atoms with Crippen molar-refractivity contribution >= 4 is 27.7 Å². The molecule has 0 saturated carbocycles. The molecule has 0 bridgehead atoms. The van der Waals surface area contributed by atoms with Crippen molar-refractivity contribution in [2.24, 2.45) is 0 Å². The Labute approximate surface area is 175 Å². The van der Waals surface area contributed by atoms with Crippen LogP contribution >= 0.6 is 15.9 Å². The lowest BCUT2D eigenvalue weighted by atomic mass is 10.1. The number of nitrogens with one attached hydrogen (secondary N) is 1. The molecular formula is C22H27BrN2O3. The zero-order valence-electron chi connectivity index (χ0n) is 16.8. The topological polar surface area (TPSA) is 58.6 Å². The predicted molar refractivity (Wildman–Crippen MR) is 114 cm³/mol. The average Bonchev–Trinajstić information content (AvgIpc) is 2.65. The number of nitrogens with zero attached hydrogens (tertiary/aromatic N) is 1. The van der Waals surface area contributed by atoms with Crippen molar-refractivity contribution in [2.45, 2.75) is 40.3 Å². The van der Waals surface area contributed by atoms with Crippen molar-refractivity contribution in [1.82, 2.24) is 10.2 Å². The van der Waals surface area contributed by atoms with Crippen LogP contribution in [0.1, 0.15) is 30.5 Å². The van der Waals surface area contributed by atoms with E-state index in [4.69, 9.17) is 4.74 Å². The van der Waals surface area contributed by atoms with Crippen LogP contribution in [0.2, 0.25) is 0 Å². The third-order valence-electron chi connectivity index (χ3n) is 4.44. The van der Waals surface area contributed by atoms with Crippen LogP contribution in [0.25, 0.3) is 0 Å². The molecule has 0 radical (unpaired) electrons. The summed E-state index contributed by atoms with van der Waals surface area (Å²) in [6.45, 7) is 8.26. The number of rotatable bonds is 8. The number of hydrogen-bond acceptors (Lipinski definition) is 3. The van der Waals surface area contributed by atoms with Crippen LogP contribution in [0.5, 0.6) is 5.75 Å². The van der Waals surface area contributed by atoms with Crippen molar-refractivity contribution in [3.63, 3.8) is 0 Å². The average molecular weight is 447 g/mol. The van der Waals surface area contributed by atoms with Gasteiger partial charge in [0.05, 0.1) is 0 Å². The summed E-state index contributed by atoms with van der Waals surface area (Å²) in [5, 5.41) is 2.78. The second-order valence-electron chi connectivity index (χ2n) is 6.78. The minimum atomic E-state index is -0.603. The Hall–Kier alpha value is -2.34. The van der Waals surface area contributed by atoms with Gasteiger partial charge in [0.2, 0.25) is 5.91 Å². The first-order chi connectivity index (χ1) is 13.3. The second kappa shape index (κ2) is 10.3. The van der Waals surface area contributed by atoms with Crippen molar-refractivity contribution < 1.29 is 14.3 Å². The molecule has 0 aliphatic rings. The van der Waals surface area contributed by atoms with Crippen molar-refractivity contribution in [3.05, 3.63) is 63.6 Å². The minimum Gasteiger partial charge on any atom is -0.483 e. The van der Waals surface area contributed by atoms with Crippen molar-refractivity contribution in [1.29, 1.82) is 0 Å². The molecule has 0 heterocycles. The third-order valence-corrected chi connectivity index (χ3v) is 4.94. The Morgan fingerprint density at radius 3 is 2.57 bits per heavy atom. The lowest BCUT2D eigenvalue weighted by Crippen LogP contribution is -2.49. The molecule has 28 heavy (non-hydrogen) atoms. The molecule has 1 atom stereocenters. The fourth-order valence-electron chi connectivity index (χ4n) is 2.92. The molecule has 0 fully saturated rings. The summed E-state index contributed by atoms with van der Waals surface area (Å²) in [5.74, 6) is 0.253. The van der Waals surface area contributed by atoms with Gasteiger partial charge in [-0.3, -0.25) is 9.59 Å². The fraction of sp³-hybridized carbons (Fsp3) is 0.364. The number of benzene rings is 2. The van der Waals surface area contributed by atoms with Crippen LogP contribution in [-0.4, -0.2) is 35.9 Å². The summed E-state index contributed by atoms with van der Waals surface area (Å²) < 4.78 is 6.68. The van der Waals surface area contributed by atoms with Gasteiger partial charge in [-0.1, -0.05) is 45.8 Å². The number of aryl methyl sites for hydroxylation is 2. The smallest absolute Gasteiger partial charge is 0.261 e. The Kier molecular flexibility index (Phi) is 8.05. The number of carbonyl (C=O) groups excluding carboxylic acids is 2. The molecule has 5 nitrogen and oxygen atoms in total. The van der Waals surface area contributed by atoms with E-state index < -0.39 is 6.04 Å². The van der Waals surface area contributed by atoms with Gasteiger partial charge >= 0.3 is 0 Å². The van der Waals surface area contributed by atoms with Gasteiger partial charge in [0.1, 0.15) is 11.8 Å². The van der Waals surface area contributed by atoms with E-state index in [1.54, 1.807) is 11.8 Å². The number of hydrogen-bond donors (Lipinski definition) is 1. The first kappa shape index (κ1) is 22.0. The van der Waals surface area contributed by atoms with Crippen LogP contribution in [0.4, 0.5) is 0 Å². The van der Waals surface area contributed by atoms with Crippen molar-refractivity contribution in [3.8, 4) is 5.75 Å². The molecule has 2 rings (SSSR count). The molecule has 0 aromatic heterocycles. The maximum atomic E-state index is 12.9. The Morgan fingerprint density at radius 2 is 1.93 bits per heavy atom. The van der Waals surface area contributed by atoms with Crippen LogP contribution in [0.3, 0.4) is 0 Å². The fourth-order valence-corrected chi connectivity index (χ4v) is 3.37. The van der Waals surface area contributed by atoms with E-state index in [-0.39, 0.29) is 18.4 Å². The van der Waals surface area contributed by atoms with Gasteiger partial charge in [-0.25, -0.2) is 0 Å². The highest BCUT2D eigenvalue weighted by atomic mass is 79.9. The highest BCUT2D eigenvalue weighted by Crippen LogP contribution is 2.20. The van der Waals surface area contributed by atoms with Crippen LogP contribution < -0.4 is 10.1 Å². The molecule has 2 aromatic carbocycles. The molecule has 1 N–H and O–H groups in total. The molecule has 0 saturated heterocycles. The minimum absolute atomic E-state index is 0.123. The Bertz CT molecular complexity index is 838. The van der Waals surface area contributed by atoms with Gasteiger partial charge in [-0.15, -0.1) is 0 Å². The summed E-state index contributed by atoms with van der Waals surface area (Å²) in [6.07, 6.45) is 0. The van der Waals surface area contributed by atoms with E-state index in [0.717, 1.165) is 21.2 Å². The predicted octanol–water partition coefficient (Wildman–Crippen LogP) is 4.00. The van der Waals surface area contributed by atoms with E-state index in [9.17, 15) is 9.59 Å². The monoisotopic (exact) mass is 446 g/mol. The largest absolute Gasteiger partial charge is 0.483 e. The van der Waals surface area contributed by atoms with E-state index in [2.05, 4.69) is 21.2 Å². The Balaban J connectivity index is 2.16. The third kappa shape index (κ3) is 6.09. The number of halogens is 1. The van der Waals surface area contributed by atoms with Crippen LogP contribution in [0, 0.1) is 13.8 Å². The number of likely N-dealkylation sites (N-methyl/N-ethyl adjacent to an activating group) is 1. The number of amides is 2. The molecule has 0 unspecified atom stereocenters. The first-order valence-electron chi connectivity index (χ1n) is 9.33. The molecule has 150 valence electrons. The maximum Gasteiger partial charge on any atom is 0.261 e. The lowest BCUT2D eigenvalue weighted by molar-refractivity contribution is -0.142. The molecule has 6 heteroatoms. The number of carbonyl (C=O) groups is 2. The summed E-state index contributed by atoms with van der Waals surface area (Å²) >= 11 is 3.45. The molecule has 2 aromatic rings. The van der Waals surface area contributed by atoms with Gasteiger partial charge in [-0.05, 0) is 57.0 Å².